The fourth-order valence-corrected chi connectivity index (χ4v) is 1.61. The second-order valence-corrected chi connectivity index (χ2v) is 4.17. The van der Waals surface area contributed by atoms with E-state index in [1.54, 1.807) is 14.0 Å². The molecule has 1 rings (SSSR count). The van der Waals surface area contributed by atoms with Gasteiger partial charge in [-0.25, -0.2) is 4.79 Å². The van der Waals surface area contributed by atoms with Gasteiger partial charge in [-0.15, -0.1) is 0 Å². The molecule has 0 spiro atoms. The number of hydrogen-bond donors (Lipinski definition) is 3. The van der Waals surface area contributed by atoms with Gasteiger partial charge < -0.3 is 20.5 Å². The summed E-state index contributed by atoms with van der Waals surface area (Å²) >= 11 is 0. The molecular formula is C13H18N2O4. The van der Waals surface area contributed by atoms with Crippen molar-refractivity contribution in [1.29, 1.82) is 0 Å². The Hall–Kier alpha value is -2.08. The van der Waals surface area contributed by atoms with Crippen LogP contribution in [0.3, 0.4) is 0 Å². The zero-order valence-electron chi connectivity index (χ0n) is 11.2. The van der Waals surface area contributed by atoms with Crippen LogP contribution in [0.4, 0.5) is 5.69 Å². The Morgan fingerprint density at radius 2 is 2.11 bits per heavy atom. The number of carboxylic acid groups (broad SMARTS) is 1. The fourth-order valence-electron chi connectivity index (χ4n) is 1.61. The number of aromatic carboxylic acids is 1. The Morgan fingerprint density at radius 1 is 1.42 bits per heavy atom. The number of benzene rings is 1. The summed E-state index contributed by atoms with van der Waals surface area (Å²) in [7, 11) is 3.16. The van der Waals surface area contributed by atoms with E-state index in [1.807, 2.05) is 0 Å². The lowest BCUT2D eigenvalue weighted by atomic mass is 10.1. The summed E-state index contributed by atoms with van der Waals surface area (Å²) < 4.78 is 4.99. The largest absolute Gasteiger partial charge is 0.496 e. The van der Waals surface area contributed by atoms with Gasteiger partial charge >= 0.3 is 5.97 Å². The first-order valence-corrected chi connectivity index (χ1v) is 5.86. The first kappa shape index (κ1) is 15.0. The predicted molar refractivity (Wildman–Crippen MR) is 71.7 cm³/mol. The summed E-state index contributed by atoms with van der Waals surface area (Å²) in [5.74, 6) is -1.18. The van der Waals surface area contributed by atoms with Gasteiger partial charge in [-0.3, -0.25) is 4.79 Å². The van der Waals surface area contributed by atoms with Crippen molar-refractivity contribution in [3.8, 4) is 5.75 Å². The molecule has 0 radical (unpaired) electrons. The molecule has 0 bridgehead atoms. The Kier molecular flexibility index (Phi) is 5.32. The minimum atomic E-state index is -1.07. The zero-order valence-corrected chi connectivity index (χ0v) is 11.2. The van der Waals surface area contributed by atoms with Gasteiger partial charge in [0.15, 0.2) is 0 Å². The van der Waals surface area contributed by atoms with Crippen LogP contribution in [0.5, 0.6) is 5.75 Å². The van der Waals surface area contributed by atoms with Crippen LogP contribution >= 0.6 is 0 Å². The minimum absolute atomic E-state index is 0.0590. The van der Waals surface area contributed by atoms with Crippen LogP contribution in [0.25, 0.3) is 0 Å². The number of rotatable bonds is 6. The number of anilines is 1. The van der Waals surface area contributed by atoms with Gasteiger partial charge in [-0.05, 0) is 19.2 Å². The molecule has 1 aromatic rings. The van der Waals surface area contributed by atoms with E-state index in [-0.39, 0.29) is 23.1 Å². The van der Waals surface area contributed by atoms with Crippen LogP contribution in [0.15, 0.2) is 18.2 Å². The summed E-state index contributed by atoms with van der Waals surface area (Å²) in [6.07, 6.45) is 0. The fraction of sp³-hybridized carbons (Fsp3) is 0.385. The molecule has 0 heterocycles. The second-order valence-electron chi connectivity index (χ2n) is 4.17. The number of amides is 1. The van der Waals surface area contributed by atoms with Crippen molar-refractivity contribution in [3.05, 3.63) is 23.8 Å². The van der Waals surface area contributed by atoms with Crippen LogP contribution in [-0.2, 0) is 4.79 Å². The van der Waals surface area contributed by atoms with Crippen molar-refractivity contribution in [3.63, 3.8) is 0 Å². The molecule has 104 valence electrons. The first-order valence-electron chi connectivity index (χ1n) is 5.86. The molecule has 0 aliphatic rings. The Labute approximate surface area is 111 Å². The van der Waals surface area contributed by atoms with Crippen molar-refractivity contribution >= 4 is 17.6 Å². The van der Waals surface area contributed by atoms with Gasteiger partial charge in [0.05, 0.1) is 7.11 Å². The third-order valence-electron chi connectivity index (χ3n) is 2.66. The Balaban J connectivity index is 2.86. The average Bonchev–Trinajstić information content (AvgIpc) is 2.38. The molecule has 1 amide bonds. The van der Waals surface area contributed by atoms with Crippen LogP contribution < -0.4 is 15.4 Å². The van der Waals surface area contributed by atoms with E-state index in [2.05, 4.69) is 10.6 Å². The van der Waals surface area contributed by atoms with Gasteiger partial charge in [-0.2, -0.15) is 0 Å². The van der Waals surface area contributed by atoms with Crippen LogP contribution in [-0.4, -0.2) is 37.7 Å². The van der Waals surface area contributed by atoms with Crippen LogP contribution in [0.2, 0.25) is 0 Å². The number of carboxylic acids is 1. The molecule has 0 saturated heterocycles. The van der Waals surface area contributed by atoms with Gasteiger partial charge in [-0.1, -0.05) is 6.92 Å². The maximum absolute atomic E-state index is 11.8. The maximum Gasteiger partial charge on any atom is 0.339 e. The van der Waals surface area contributed by atoms with Crippen molar-refractivity contribution in [1.82, 2.24) is 5.32 Å². The number of ether oxygens (including phenoxy) is 1. The molecule has 1 unspecified atom stereocenters. The molecule has 1 atom stereocenters. The van der Waals surface area contributed by atoms with Gasteiger partial charge in [0, 0.05) is 24.2 Å². The molecule has 0 saturated carbocycles. The lowest BCUT2D eigenvalue weighted by Gasteiger charge is -2.13. The lowest BCUT2D eigenvalue weighted by molar-refractivity contribution is -0.119. The molecule has 19 heavy (non-hydrogen) atoms. The van der Waals surface area contributed by atoms with Crippen molar-refractivity contribution in [2.75, 3.05) is 26.0 Å². The smallest absolute Gasteiger partial charge is 0.339 e. The number of methoxy groups -OCH3 is 1. The van der Waals surface area contributed by atoms with Crippen LogP contribution in [0.1, 0.15) is 17.3 Å². The molecule has 3 N–H and O–H groups in total. The van der Waals surface area contributed by atoms with E-state index in [0.29, 0.717) is 12.2 Å². The normalized spacial score (nSPS) is 11.7. The van der Waals surface area contributed by atoms with Crippen LogP contribution in [0, 0.1) is 5.92 Å². The summed E-state index contributed by atoms with van der Waals surface area (Å²) in [4.78, 5) is 22.7. The van der Waals surface area contributed by atoms with Gasteiger partial charge in [0.2, 0.25) is 5.91 Å². The molecule has 0 aromatic heterocycles. The highest BCUT2D eigenvalue weighted by molar-refractivity contribution is 5.95. The standard InChI is InChI=1S/C13H18N2O4/c1-8(7-14-2)12(16)15-9-4-5-10(13(17)18)11(6-9)19-3/h4-6,8,14H,7H2,1-3H3,(H,15,16)(H,17,18). The quantitative estimate of drug-likeness (QED) is 0.720. The minimum Gasteiger partial charge on any atom is -0.496 e. The molecule has 1 aromatic carbocycles. The Morgan fingerprint density at radius 3 is 2.63 bits per heavy atom. The summed E-state index contributed by atoms with van der Waals surface area (Å²) in [5.41, 5.74) is 0.568. The molecule has 6 nitrogen and oxygen atoms in total. The summed E-state index contributed by atoms with van der Waals surface area (Å²) in [6.45, 7) is 2.37. The van der Waals surface area contributed by atoms with Crippen molar-refractivity contribution < 1.29 is 19.4 Å². The van der Waals surface area contributed by atoms with E-state index in [0.717, 1.165) is 0 Å². The first-order chi connectivity index (χ1) is 8.99. The number of nitrogens with one attached hydrogen (secondary N) is 2. The van der Waals surface area contributed by atoms with E-state index >= 15 is 0 Å². The Bertz CT molecular complexity index is 474. The molecular weight excluding hydrogens is 248 g/mol. The predicted octanol–water partition coefficient (Wildman–Crippen LogP) is 1.19. The molecule has 0 aliphatic heterocycles. The number of hydrogen-bond acceptors (Lipinski definition) is 4. The van der Waals surface area contributed by atoms with Crippen molar-refractivity contribution in [2.45, 2.75) is 6.92 Å². The molecule has 0 aliphatic carbocycles. The third-order valence-corrected chi connectivity index (χ3v) is 2.66. The van der Waals surface area contributed by atoms with Crippen molar-refractivity contribution in [2.24, 2.45) is 5.92 Å². The monoisotopic (exact) mass is 266 g/mol. The maximum atomic E-state index is 11.8. The number of carbonyl (C=O) groups is 2. The zero-order chi connectivity index (χ0) is 14.4. The lowest BCUT2D eigenvalue weighted by Crippen LogP contribution is -2.28. The van der Waals surface area contributed by atoms with Gasteiger partial charge in [0.25, 0.3) is 0 Å². The topological polar surface area (TPSA) is 87.7 Å². The summed E-state index contributed by atoms with van der Waals surface area (Å²) in [5, 5.41) is 14.6. The highest BCUT2D eigenvalue weighted by atomic mass is 16.5. The third kappa shape index (κ3) is 3.96. The molecule has 6 heteroatoms. The molecule has 0 fully saturated rings. The van der Waals surface area contributed by atoms with Gasteiger partial charge in [0.1, 0.15) is 11.3 Å². The SMILES string of the molecule is CNCC(C)C(=O)Nc1ccc(C(=O)O)c(OC)c1. The highest BCUT2D eigenvalue weighted by Crippen LogP contribution is 2.23. The van der Waals surface area contributed by atoms with E-state index in [9.17, 15) is 9.59 Å². The van der Waals surface area contributed by atoms with E-state index in [1.165, 1.54) is 25.3 Å². The summed E-state index contributed by atoms with van der Waals surface area (Å²) in [6, 6.07) is 4.43. The highest BCUT2D eigenvalue weighted by Gasteiger charge is 2.15. The average molecular weight is 266 g/mol. The second kappa shape index (κ2) is 6.75. The van der Waals surface area contributed by atoms with E-state index < -0.39 is 5.97 Å². The van der Waals surface area contributed by atoms with E-state index in [4.69, 9.17) is 9.84 Å². The number of carbonyl (C=O) groups excluding carboxylic acids is 1.